The number of carboxylic acids is 2. The topological polar surface area (TPSA) is 153 Å². The average Bonchev–Trinajstić information content (AvgIpc) is 3.61. The van der Waals surface area contributed by atoms with Gasteiger partial charge in [0.2, 0.25) is 11.8 Å². The second kappa shape index (κ2) is 16.6. The van der Waals surface area contributed by atoms with Gasteiger partial charge in [-0.2, -0.15) is 24.9 Å². The van der Waals surface area contributed by atoms with Crippen molar-refractivity contribution in [2.24, 2.45) is 0 Å². The van der Waals surface area contributed by atoms with Crippen LogP contribution in [0.25, 0.3) is 0 Å². The number of carbonyl (C=O) groups is 4. The third-order valence-electron chi connectivity index (χ3n) is 6.12. The van der Waals surface area contributed by atoms with Crippen LogP contribution in [0.1, 0.15) is 36.9 Å². The van der Waals surface area contributed by atoms with Crippen LogP contribution < -0.4 is 0 Å². The van der Waals surface area contributed by atoms with Crippen molar-refractivity contribution >= 4 is 35.5 Å². The van der Waals surface area contributed by atoms with E-state index < -0.39 is 24.2 Å². The number of alkyl halides is 3. The standard InChI is InChI=1S/C24H32N4O5S.C2HF3O2/c1-34-13-11-21(24(31)32)28(22(29)10-9-18-6-3-2-4-7-18)33-16-20-8-5-12-27(20)23(30)14-19-15-25-17-26-19;3-2(4,5)1(6)7/h2-4,6-7,15,17,20-21H,5,8-14,16H2,1H3,(H,25,26)(H,31,32);(H,6,7)/t20?,21-;/m0./s1. The molecule has 41 heavy (non-hydrogen) atoms. The highest BCUT2D eigenvalue weighted by Crippen LogP contribution is 2.21. The van der Waals surface area contributed by atoms with Crippen LogP contribution in [0, 0.1) is 0 Å². The predicted molar refractivity (Wildman–Crippen MR) is 143 cm³/mol. The molecule has 15 heteroatoms. The van der Waals surface area contributed by atoms with E-state index in [9.17, 15) is 32.7 Å². The van der Waals surface area contributed by atoms with E-state index in [1.165, 1.54) is 18.1 Å². The van der Waals surface area contributed by atoms with Crippen molar-refractivity contribution in [2.45, 2.75) is 56.8 Å². The van der Waals surface area contributed by atoms with Crippen LogP contribution in [0.5, 0.6) is 0 Å². The molecule has 1 fully saturated rings. The monoisotopic (exact) mass is 602 g/mol. The number of halogens is 3. The fourth-order valence-corrected chi connectivity index (χ4v) is 4.52. The van der Waals surface area contributed by atoms with Crippen molar-refractivity contribution in [3.8, 4) is 0 Å². The van der Waals surface area contributed by atoms with E-state index in [4.69, 9.17) is 14.7 Å². The molecule has 3 rings (SSSR count). The van der Waals surface area contributed by atoms with Crippen molar-refractivity contribution in [1.29, 1.82) is 0 Å². The first-order valence-electron chi connectivity index (χ1n) is 12.7. The Morgan fingerprint density at radius 1 is 1.22 bits per heavy atom. The molecule has 0 radical (unpaired) electrons. The number of hydrogen-bond acceptors (Lipinski definition) is 7. The van der Waals surface area contributed by atoms with Crippen molar-refractivity contribution in [3.05, 3.63) is 54.1 Å². The summed E-state index contributed by atoms with van der Waals surface area (Å²) in [6.45, 7) is 0.687. The largest absolute Gasteiger partial charge is 0.490 e. The quantitative estimate of drug-likeness (QED) is 0.294. The number of H-pyrrole nitrogens is 1. The highest BCUT2D eigenvalue weighted by molar-refractivity contribution is 7.98. The molecule has 2 heterocycles. The molecule has 1 saturated heterocycles. The summed E-state index contributed by atoms with van der Waals surface area (Å²) in [7, 11) is 0. The molecule has 2 amide bonds. The van der Waals surface area contributed by atoms with Gasteiger partial charge in [0.15, 0.2) is 6.04 Å². The van der Waals surface area contributed by atoms with Crippen LogP contribution in [0.15, 0.2) is 42.9 Å². The van der Waals surface area contributed by atoms with Gasteiger partial charge in [-0.3, -0.25) is 14.4 Å². The number of aryl methyl sites for hydroxylation is 1. The Balaban J connectivity index is 0.000000745. The Bertz CT molecular complexity index is 1120. The third-order valence-corrected chi connectivity index (χ3v) is 6.77. The zero-order valence-electron chi connectivity index (χ0n) is 22.4. The Morgan fingerprint density at radius 3 is 2.46 bits per heavy atom. The Hall–Kier alpha value is -3.59. The predicted octanol–water partition coefficient (Wildman–Crippen LogP) is 3.18. The summed E-state index contributed by atoms with van der Waals surface area (Å²) >= 11 is 1.52. The summed E-state index contributed by atoms with van der Waals surface area (Å²) in [4.78, 5) is 61.3. The molecule has 0 aliphatic carbocycles. The molecular formula is C26H33F3N4O7S. The fraction of sp³-hybridized carbons (Fsp3) is 0.500. The first kappa shape index (κ1) is 33.6. The summed E-state index contributed by atoms with van der Waals surface area (Å²) in [6.07, 6.45) is 2.66. The highest BCUT2D eigenvalue weighted by Gasteiger charge is 2.38. The van der Waals surface area contributed by atoms with Crippen LogP contribution in [0.4, 0.5) is 13.2 Å². The minimum Gasteiger partial charge on any atom is -0.480 e. The molecule has 11 nitrogen and oxygen atoms in total. The number of imidazole rings is 1. The van der Waals surface area contributed by atoms with Gasteiger partial charge in [0.25, 0.3) is 0 Å². The minimum absolute atomic E-state index is 0.0468. The van der Waals surface area contributed by atoms with Gasteiger partial charge in [0.05, 0.1) is 25.4 Å². The van der Waals surface area contributed by atoms with E-state index in [0.29, 0.717) is 18.7 Å². The zero-order chi connectivity index (χ0) is 30.4. The summed E-state index contributed by atoms with van der Waals surface area (Å²) in [5.41, 5.74) is 1.73. The van der Waals surface area contributed by atoms with E-state index >= 15 is 0 Å². The SMILES string of the molecule is CSCC[C@@H](C(=O)O)N(OCC1CCCN1C(=O)Cc1cnc[nH]1)C(=O)CCc1ccccc1.O=C(O)C(F)(F)F. The molecule has 226 valence electrons. The minimum atomic E-state index is -5.08. The molecule has 1 unspecified atom stereocenters. The number of hydroxylamine groups is 2. The lowest BCUT2D eigenvalue weighted by Crippen LogP contribution is -2.48. The second-order valence-corrected chi connectivity index (χ2v) is 10.1. The lowest BCUT2D eigenvalue weighted by molar-refractivity contribution is -0.211. The van der Waals surface area contributed by atoms with Crippen molar-refractivity contribution in [3.63, 3.8) is 0 Å². The van der Waals surface area contributed by atoms with Crippen LogP contribution in [0.3, 0.4) is 0 Å². The molecule has 1 aromatic carbocycles. The number of aromatic nitrogens is 2. The van der Waals surface area contributed by atoms with Crippen LogP contribution >= 0.6 is 11.8 Å². The number of nitrogens with zero attached hydrogens (tertiary/aromatic N) is 3. The number of likely N-dealkylation sites (tertiary alicyclic amines) is 1. The number of carboxylic acid groups (broad SMARTS) is 2. The number of benzene rings is 1. The van der Waals surface area contributed by atoms with E-state index in [2.05, 4.69) is 9.97 Å². The summed E-state index contributed by atoms with van der Waals surface area (Å²) in [5, 5.41) is 18.0. The Labute approximate surface area is 239 Å². The van der Waals surface area contributed by atoms with Crippen LogP contribution in [-0.4, -0.2) is 97.3 Å². The third kappa shape index (κ3) is 11.4. The number of hydrogen-bond donors (Lipinski definition) is 3. The number of aromatic amines is 1. The molecule has 0 bridgehead atoms. The summed E-state index contributed by atoms with van der Waals surface area (Å²) in [6, 6.07) is 8.29. The van der Waals surface area contributed by atoms with Crippen LogP contribution in [0.2, 0.25) is 0 Å². The maximum absolute atomic E-state index is 13.1. The van der Waals surface area contributed by atoms with Gasteiger partial charge in [-0.1, -0.05) is 30.3 Å². The smallest absolute Gasteiger partial charge is 0.480 e. The van der Waals surface area contributed by atoms with Gasteiger partial charge in [0.1, 0.15) is 0 Å². The maximum Gasteiger partial charge on any atom is 0.490 e. The average molecular weight is 603 g/mol. The first-order valence-corrected chi connectivity index (χ1v) is 14.1. The van der Waals surface area contributed by atoms with E-state index in [0.717, 1.165) is 29.2 Å². The van der Waals surface area contributed by atoms with Crippen LogP contribution in [-0.2, 0) is 36.9 Å². The van der Waals surface area contributed by atoms with E-state index in [-0.39, 0.29) is 43.7 Å². The molecule has 1 aromatic heterocycles. The number of nitrogens with one attached hydrogen (secondary N) is 1. The van der Waals surface area contributed by atoms with Gasteiger partial charge >= 0.3 is 18.1 Å². The maximum atomic E-state index is 13.1. The lowest BCUT2D eigenvalue weighted by Gasteiger charge is -2.31. The van der Waals surface area contributed by atoms with Crippen molar-refractivity contribution < 1.29 is 47.4 Å². The molecule has 2 aromatic rings. The fourth-order valence-electron chi connectivity index (χ4n) is 4.06. The Morgan fingerprint density at radius 2 is 1.90 bits per heavy atom. The lowest BCUT2D eigenvalue weighted by atomic mass is 10.1. The molecule has 0 saturated carbocycles. The molecule has 3 N–H and O–H groups in total. The second-order valence-electron chi connectivity index (χ2n) is 9.08. The molecule has 0 spiro atoms. The zero-order valence-corrected chi connectivity index (χ0v) is 23.2. The number of rotatable bonds is 13. The Kier molecular flexibility index (Phi) is 13.6. The van der Waals surface area contributed by atoms with E-state index in [1.54, 1.807) is 11.1 Å². The first-order chi connectivity index (χ1) is 19.4. The van der Waals surface area contributed by atoms with Gasteiger partial charge in [-0.15, -0.1) is 0 Å². The number of aliphatic carboxylic acids is 2. The number of carbonyl (C=O) groups excluding carboxylic acids is 2. The van der Waals surface area contributed by atoms with Gasteiger partial charge in [-0.25, -0.2) is 19.6 Å². The van der Waals surface area contributed by atoms with Crippen molar-refractivity contribution in [1.82, 2.24) is 19.9 Å². The van der Waals surface area contributed by atoms with Gasteiger partial charge in [0, 0.05) is 24.9 Å². The molecule has 1 aliphatic rings. The molecule has 2 atom stereocenters. The van der Waals surface area contributed by atoms with E-state index in [1.807, 2.05) is 36.6 Å². The van der Waals surface area contributed by atoms with Gasteiger partial charge in [-0.05, 0) is 43.3 Å². The normalized spacial score (nSPS) is 15.5. The van der Waals surface area contributed by atoms with Crippen molar-refractivity contribution in [2.75, 3.05) is 25.2 Å². The molecule has 1 aliphatic heterocycles. The van der Waals surface area contributed by atoms with Gasteiger partial charge < -0.3 is 20.1 Å². The summed E-state index contributed by atoms with van der Waals surface area (Å²) in [5.74, 6) is -3.69. The summed E-state index contributed by atoms with van der Waals surface area (Å²) < 4.78 is 31.7. The number of amides is 2. The number of thioether (sulfide) groups is 1. The molecular weight excluding hydrogens is 569 g/mol. The highest BCUT2D eigenvalue weighted by atomic mass is 32.2.